The Kier molecular flexibility index (Phi) is 3.62. The number of nitrogens with one attached hydrogen (secondary N) is 1. The molecule has 0 bridgehead atoms. The van der Waals surface area contributed by atoms with Gasteiger partial charge in [0.05, 0.1) is 7.11 Å². The fourth-order valence-corrected chi connectivity index (χ4v) is 2.28. The van der Waals surface area contributed by atoms with E-state index in [0.29, 0.717) is 17.1 Å². The van der Waals surface area contributed by atoms with E-state index in [1.165, 1.54) is 0 Å². The fourth-order valence-electron chi connectivity index (χ4n) is 2.28. The highest BCUT2D eigenvalue weighted by Gasteiger charge is 2.12. The number of methoxy groups -OCH3 is 1. The van der Waals surface area contributed by atoms with Crippen LogP contribution in [0.25, 0.3) is 10.8 Å². The highest BCUT2D eigenvalue weighted by atomic mass is 16.5. The molecule has 2 aromatic carbocycles. The summed E-state index contributed by atoms with van der Waals surface area (Å²) in [4.78, 5) is 16.6. The molecule has 1 aromatic heterocycles. The van der Waals surface area contributed by atoms with Gasteiger partial charge in [0.15, 0.2) is 0 Å². The first-order chi connectivity index (χ1) is 10.7. The quantitative estimate of drug-likeness (QED) is 0.727. The van der Waals surface area contributed by atoms with Gasteiger partial charge in [0, 0.05) is 28.3 Å². The van der Waals surface area contributed by atoms with E-state index in [1.807, 2.05) is 12.1 Å². The van der Waals surface area contributed by atoms with Gasteiger partial charge in [-0.1, -0.05) is 12.1 Å². The number of carbonyl (C=O) groups is 1. The lowest BCUT2D eigenvalue weighted by molar-refractivity contribution is 0.102. The summed E-state index contributed by atoms with van der Waals surface area (Å²) in [7, 11) is 1.60. The first-order valence-electron chi connectivity index (χ1n) is 6.77. The largest absolute Gasteiger partial charge is 0.497 e. The summed E-state index contributed by atoms with van der Waals surface area (Å²) >= 11 is 0. The van der Waals surface area contributed by atoms with E-state index in [9.17, 15) is 4.79 Å². The van der Waals surface area contributed by atoms with Crippen LogP contribution in [0, 0.1) is 0 Å². The highest BCUT2D eigenvalue weighted by Crippen LogP contribution is 2.23. The summed E-state index contributed by atoms with van der Waals surface area (Å²) in [5, 5.41) is 4.37. The van der Waals surface area contributed by atoms with Crippen LogP contribution in [-0.4, -0.2) is 18.0 Å². The second-order valence-electron chi connectivity index (χ2n) is 4.78. The van der Waals surface area contributed by atoms with E-state index in [4.69, 9.17) is 10.5 Å². The Morgan fingerprint density at radius 3 is 2.59 bits per heavy atom. The number of ether oxygens (including phenoxy) is 1. The van der Waals surface area contributed by atoms with Gasteiger partial charge in [-0.3, -0.25) is 9.78 Å². The third-order valence-corrected chi connectivity index (χ3v) is 3.40. The standard InChI is InChI=1S/C17H15N3O2/c1-22-12-7-5-11(6-8-12)20-17(21)16-14-3-2-4-15(18)13(14)9-10-19-16/h2-10H,18H2,1H3,(H,20,21). The van der Waals surface area contributed by atoms with Gasteiger partial charge in [-0.2, -0.15) is 0 Å². The molecule has 110 valence electrons. The summed E-state index contributed by atoms with van der Waals surface area (Å²) in [6.45, 7) is 0. The molecule has 0 radical (unpaired) electrons. The number of anilines is 2. The molecular weight excluding hydrogens is 278 g/mol. The van der Waals surface area contributed by atoms with Gasteiger partial charge in [-0.25, -0.2) is 0 Å². The second-order valence-corrected chi connectivity index (χ2v) is 4.78. The molecule has 1 heterocycles. The molecule has 3 aromatic rings. The van der Waals surface area contributed by atoms with Crippen molar-refractivity contribution in [2.45, 2.75) is 0 Å². The van der Waals surface area contributed by atoms with Crippen LogP contribution in [0.4, 0.5) is 11.4 Å². The zero-order valence-corrected chi connectivity index (χ0v) is 12.0. The topological polar surface area (TPSA) is 77.2 Å². The first kappa shape index (κ1) is 13.9. The SMILES string of the molecule is COc1ccc(NC(=O)c2nccc3c(N)cccc23)cc1. The first-order valence-corrected chi connectivity index (χ1v) is 6.77. The Labute approximate surface area is 127 Å². The van der Waals surface area contributed by atoms with Crippen molar-refractivity contribution in [1.29, 1.82) is 0 Å². The predicted molar refractivity (Wildman–Crippen MR) is 87.1 cm³/mol. The number of nitrogen functional groups attached to an aromatic ring is 1. The molecule has 0 unspecified atom stereocenters. The molecule has 0 saturated heterocycles. The van der Waals surface area contributed by atoms with Crippen molar-refractivity contribution in [2.75, 3.05) is 18.2 Å². The fraction of sp³-hybridized carbons (Fsp3) is 0.0588. The zero-order valence-electron chi connectivity index (χ0n) is 12.0. The zero-order chi connectivity index (χ0) is 15.5. The number of aromatic nitrogens is 1. The number of rotatable bonds is 3. The van der Waals surface area contributed by atoms with E-state index in [2.05, 4.69) is 10.3 Å². The minimum Gasteiger partial charge on any atom is -0.497 e. The van der Waals surface area contributed by atoms with E-state index in [1.54, 1.807) is 49.7 Å². The molecule has 0 aliphatic rings. The molecule has 22 heavy (non-hydrogen) atoms. The normalized spacial score (nSPS) is 10.4. The van der Waals surface area contributed by atoms with Crippen LogP contribution in [0.2, 0.25) is 0 Å². The van der Waals surface area contributed by atoms with Crippen molar-refractivity contribution < 1.29 is 9.53 Å². The molecule has 0 atom stereocenters. The van der Waals surface area contributed by atoms with Crippen molar-refractivity contribution in [3.05, 3.63) is 60.4 Å². The molecule has 3 N–H and O–H groups in total. The van der Waals surface area contributed by atoms with Crippen LogP contribution in [-0.2, 0) is 0 Å². The minimum atomic E-state index is -0.277. The van der Waals surface area contributed by atoms with Gasteiger partial charge in [0.2, 0.25) is 0 Å². The molecule has 0 aliphatic carbocycles. The Morgan fingerprint density at radius 2 is 1.86 bits per heavy atom. The van der Waals surface area contributed by atoms with Gasteiger partial charge in [0.1, 0.15) is 11.4 Å². The van der Waals surface area contributed by atoms with Crippen LogP contribution in [0.3, 0.4) is 0 Å². The molecule has 0 fully saturated rings. The van der Waals surface area contributed by atoms with Crippen LogP contribution in [0.15, 0.2) is 54.7 Å². The number of nitrogens with two attached hydrogens (primary N) is 1. The lowest BCUT2D eigenvalue weighted by Gasteiger charge is -2.09. The summed E-state index contributed by atoms with van der Waals surface area (Å²) < 4.78 is 5.09. The van der Waals surface area contributed by atoms with Crippen molar-refractivity contribution in [3.63, 3.8) is 0 Å². The molecule has 0 saturated carbocycles. The van der Waals surface area contributed by atoms with Crippen LogP contribution >= 0.6 is 0 Å². The summed E-state index contributed by atoms with van der Waals surface area (Å²) in [6, 6.07) is 14.4. The number of carbonyl (C=O) groups excluding carboxylic acids is 1. The number of pyridine rings is 1. The van der Waals surface area contributed by atoms with Crippen LogP contribution < -0.4 is 15.8 Å². The molecule has 0 aliphatic heterocycles. The highest BCUT2D eigenvalue weighted by molar-refractivity contribution is 6.12. The smallest absolute Gasteiger partial charge is 0.274 e. The molecule has 1 amide bonds. The average Bonchev–Trinajstić information content (AvgIpc) is 2.55. The maximum atomic E-state index is 12.4. The Bertz CT molecular complexity index is 829. The minimum absolute atomic E-state index is 0.277. The van der Waals surface area contributed by atoms with E-state index >= 15 is 0 Å². The summed E-state index contributed by atoms with van der Waals surface area (Å²) in [6.07, 6.45) is 1.58. The van der Waals surface area contributed by atoms with Crippen molar-refractivity contribution in [1.82, 2.24) is 4.98 Å². The van der Waals surface area contributed by atoms with Gasteiger partial charge < -0.3 is 15.8 Å². The summed E-state index contributed by atoms with van der Waals surface area (Å²) in [5.74, 6) is 0.454. The Hall–Kier alpha value is -3.08. The van der Waals surface area contributed by atoms with Gasteiger partial charge in [-0.15, -0.1) is 0 Å². The monoisotopic (exact) mass is 293 g/mol. The lowest BCUT2D eigenvalue weighted by Crippen LogP contribution is -2.14. The summed E-state index contributed by atoms with van der Waals surface area (Å²) in [5.41, 5.74) is 7.58. The van der Waals surface area contributed by atoms with Crippen LogP contribution in [0.1, 0.15) is 10.5 Å². The average molecular weight is 293 g/mol. The lowest BCUT2D eigenvalue weighted by atomic mass is 10.1. The van der Waals surface area contributed by atoms with Gasteiger partial charge >= 0.3 is 0 Å². The van der Waals surface area contributed by atoms with Crippen molar-refractivity contribution in [2.24, 2.45) is 0 Å². The maximum absolute atomic E-state index is 12.4. The Morgan fingerprint density at radius 1 is 1.09 bits per heavy atom. The number of benzene rings is 2. The molecule has 3 rings (SSSR count). The predicted octanol–water partition coefficient (Wildman–Crippen LogP) is 3.08. The van der Waals surface area contributed by atoms with E-state index in [-0.39, 0.29) is 5.91 Å². The van der Waals surface area contributed by atoms with Crippen molar-refractivity contribution in [3.8, 4) is 5.75 Å². The Balaban J connectivity index is 1.93. The van der Waals surface area contributed by atoms with E-state index < -0.39 is 0 Å². The molecular formula is C17H15N3O2. The second kappa shape index (κ2) is 5.73. The molecule has 0 spiro atoms. The third-order valence-electron chi connectivity index (χ3n) is 3.40. The third kappa shape index (κ3) is 2.56. The number of hydrogen-bond acceptors (Lipinski definition) is 4. The van der Waals surface area contributed by atoms with Gasteiger partial charge in [-0.05, 0) is 36.4 Å². The molecule has 5 heteroatoms. The number of amides is 1. The van der Waals surface area contributed by atoms with Crippen LogP contribution in [0.5, 0.6) is 5.75 Å². The molecule has 5 nitrogen and oxygen atoms in total. The number of hydrogen-bond donors (Lipinski definition) is 2. The maximum Gasteiger partial charge on any atom is 0.274 e. The number of nitrogens with zero attached hydrogens (tertiary/aromatic N) is 1. The number of fused-ring (bicyclic) bond motifs is 1. The van der Waals surface area contributed by atoms with Gasteiger partial charge in [0.25, 0.3) is 5.91 Å². The van der Waals surface area contributed by atoms with E-state index in [0.717, 1.165) is 16.5 Å². The van der Waals surface area contributed by atoms with Crippen molar-refractivity contribution >= 4 is 28.1 Å².